The summed E-state index contributed by atoms with van der Waals surface area (Å²) in [6.45, 7) is 2.35. The van der Waals surface area contributed by atoms with Crippen molar-refractivity contribution in [2.45, 2.75) is 24.8 Å². The number of hydrogen-bond acceptors (Lipinski definition) is 4. The lowest BCUT2D eigenvalue weighted by Gasteiger charge is -2.28. The van der Waals surface area contributed by atoms with E-state index in [1.54, 1.807) is 24.3 Å². The summed E-state index contributed by atoms with van der Waals surface area (Å²) in [5.74, 6) is -0.186. The fourth-order valence-electron chi connectivity index (χ4n) is 3.55. The summed E-state index contributed by atoms with van der Waals surface area (Å²) in [5.41, 5.74) is 3.53. The molecule has 166 valence electrons. The number of sulfonamides is 1. The molecule has 0 saturated heterocycles. The van der Waals surface area contributed by atoms with Gasteiger partial charge in [-0.1, -0.05) is 23.8 Å². The van der Waals surface area contributed by atoms with Crippen LogP contribution in [0.4, 0.5) is 10.1 Å². The van der Waals surface area contributed by atoms with E-state index in [9.17, 15) is 17.6 Å². The number of halogens is 1. The first-order valence-electron chi connectivity index (χ1n) is 10.2. The Hall–Kier alpha value is -3.23. The van der Waals surface area contributed by atoms with E-state index in [4.69, 9.17) is 4.74 Å². The summed E-state index contributed by atoms with van der Waals surface area (Å²) in [5, 5.41) is 2.79. The molecule has 3 aromatic rings. The van der Waals surface area contributed by atoms with Crippen LogP contribution in [0.15, 0.2) is 71.6 Å². The fourth-order valence-corrected chi connectivity index (χ4v) is 4.97. The summed E-state index contributed by atoms with van der Waals surface area (Å²) < 4.78 is 45.9. The van der Waals surface area contributed by atoms with Gasteiger partial charge in [-0.3, -0.25) is 4.79 Å². The highest BCUT2D eigenvalue weighted by molar-refractivity contribution is 7.89. The first-order valence-corrected chi connectivity index (χ1v) is 11.6. The van der Waals surface area contributed by atoms with Crippen LogP contribution in [0, 0.1) is 12.7 Å². The molecule has 0 aromatic heterocycles. The van der Waals surface area contributed by atoms with Gasteiger partial charge in [0.1, 0.15) is 11.6 Å². The molecular weight excluding hydrogens is 431 g/mol. The molecule has 0 radical (unpaired) electrons. The molecule has 1 aliphatic heterocycles. The summed E-state index contributed by atoms with van der Waals surface area (Å²) in [4.78, 5) is 12.3. The number of carbonyl (C=O) groups excluding carboxylic acids is 1. The molecule has 0 spiro atoms. The van der Waals surface area contributed by atoms with E-state index in [0.29, 0.717) is 24.4 Å². The van der Waals surface area contributed by atoms with E-state index in [1.165, 1.54) is 16.4 Å². The van der Waals surface area contributed by atoms with Gasteiger partial charge in [-0.25, -0.2) is 12.8 Å². The Morgan fingerprint density at radius 1 is 1.03 bits per heavy atom. The number of benzene rings is 3. The van der Waals surface area contributed by atoms with Crippen LogP contribution in [0.25, 0.3) is 0 Å². The number of nitrogens with zero attached hydrogens (tertiary/aromatic N) is 1. The predicted octanol–water partition coefficient (Wildman–Crippen LogP) is 3.90. The Kier molecular flexibility index (Phi) is 6.25. The lowest BCUT2D eigenvalue weighted by Crippen LogP contribution is -2.36. The lowest BCUT2D eigenvalue weighted by molar-refractivity contribution is -0.118. The van der Waals surface area contributed by atoms with Gasteiger partial charge in [0.2, 0.25) is 10.0 Å². The van der Waals surface area contributed by atoms with E-state index in [-0.39, 0.29) is 24.0 Å². The largest absolute Gasteiger partial charge is 0.484 e. The van der Waals surface area contributed by atoms with Crippen LogP contribution >= 0.6 is 0 Å². The Morgan fingerprint density at radius 3 is 2.47 bits per heavy atom. The van der Waals surface area contributed by atoms with Crippen LogP contribution in [0.3, 0.4) is 0 Å². The summed E-state index contributed by atoms with van der Waals surface area (Å²) in [6, 6.07) is 17.7. The van der Waals surface area contributed by atoms with Crippen molar-refractivity contribution in [2.24, 2.45) is 0 Å². The molecular formula is C24H23FN2O4S. The Labute approximate surface area is 186 Å². The number of carbonyl (C=O) groups is 1. The highest BCUT2D eigenvalue weighted by Gasteiger charge is 2.28. The maximum absolute atomic E-state index is 13.2. The number of ether oxygens (including phenoxy) is 1. The molecule has 0 bridgehead atoms. The summed E-state index contributed by atoms with van der Waals surface area (Å²) in [7, 11) is -3.74. The van der Waals surface area contributed by atoms with Gasteiger partial charge in [0, 0.05) is 18.8 Å². The number of amides is 1. The third-order valence-corrected chi connectivity index (χ3v) is 7.17. The number of fused-ring (bicyclic) bond motifs is 1. The zero-order valence-corrected chi connectivity index (χ0v) is 18.4. The molecule has 4 rings (SSSR count). The minimum atomic E-state index is -3.74. The number of rotatable bonds is 6. The van der Waals surface area contributed by atoms with Crippen molar-refractivity contribution in [3.05, 3.63) is 89.2 Å². The second-order valence-electron chi connectivity index (χ2n) is 7.68. The Balaban J connectivity index is 1.42. The summed E-state index contributed by atoms with van der Waals surface area (Å²) in [6.07, 6.45) is 0.556. The smallest absolute Gasteiger partial charge is 0.262 e. The van der Waals surface area contributed by atoms with Crippen molar-refractivity contribution in [3.63, 3.8) is 0 Å². The van der Waals surface area contributed by atoms with E-state index >= 15 is 0 Å². The first-order chi connectivity index (χ1) is 15.3. The van der Waals surface area contributed by atoms with Gasteiger partial charge in [-0.15, -0.1) is 0 Å². The SMILES string of the molecule is Cc1ccc(OCC(=O)Nc2ccc3c(c2)CN(S(=O)(=O)c2ccc(F)cc2)CC3)cc1. The van der Waals surface area contributed by atoms with Crippen molar-refractivity contribution < 1.29 is 22.3 Å². The maximum atomic E-state index is 13.2. The normalized spacial score (nSPS) is 13.9. The molecule has 1 aliphatic rings. The van der Waals surface area contributed by atoms with Gasteiger partial charge in [-0.05, 0) is 73.0 Å². The zero-order valence-electron chi connectivity index (χ0n) is 17.5. The van der Waals surface area contributed by atoms with E-state index in [0.717, 1.165) is 28.8 Å². The molecule has 0 aliphatic carbocycles. The number of aryl methyl sites for hydroxylation is 1. The molecule has 32 heavy (non-hydrogen) atoms. The van der Waals surface area contributed by atoms with E-state index in [1.807, 2.05) is 25.1 Å². The van der Waals surface area contributed by atoms with Gasteiger partial charge < -0.3 is 10.1 Å². The standard InChI is InChI=1S/C24H23FN2O4S/c1-17-2-8-22(9-3-17)31-16-24(28)26-21-7-4-18-12-13-27(15-19(18)14-21)32(29,30)23-10-5-20(25)6-11-23/h2-11,14H,12-13,15-16H2,1H3,(H,26,28). The molecule has 3 aromatic carbocycles. The fraction of sp³-hybridized carbons (Fsp3) is 0.208. The highest BCUT2D eigenvalue weighted by Crippen LogP contribution is 2.27. The van der Waals surface area contributed by atoms with Crippen LogP contribution in [-0.4, -0.2) is 31.8 Å². The van der Waals surface area contributed by atoms with Crippen molar-refractivity contribution in [1.29, 1.82) is 0 Å². The molecule has 1 amide bonds. The zero-order chi connectivity index (χ0) is 22.7. The van der Waals surface area contributed by atoms with Crippen molar-refractivity contribution in [2.75, 3.05) is 18.5 Å². The maximum Gasteiger partial charge on any atom is 0.262 e. The van der Waals surface area contributed by atoms with Crippen LogP contribution in [0.1, 0.15) is 16.7 Å². The van der Waals surface area contributed by atoms with Crippen molar-refractivity contribution >= 4 is 21.6 Å². The van der Waals surface area contributed by atoms with Gasteiger partial charge in [0.05, 0.1) is 4.90 Å². The molecule has 8 heteroatoms. The minimum Gasteiger partial charge on any atom is -0.484 e. The molecule has 0 atom stereocenters. The highest BCUT2D eigenvalue weighted by atomic mass is 32.2. The quantitative estimate of drug-likeness (QED) is 0.613. The van der Waals surface area contributed by atoms with E-state index in [2.05, 4.69) is 5.32 Å². The number of hydrogen-bond donors (Lipinski definition) is 1. The third kappa shape index (κ3) is 4.98. The molecule has 6 nitrogen and oxygen atoms in total. The van der Waals surface area contributed by atoms with Gasteiger partial charge in [0.15, 0.2) is 6.61 Å². The topological polar surface area (TPSA) is 75.7 Å². The lowest BCUT2D eigenvalue weighted by atomic mass is 10.0. The average Bonchev–Trinajstić information content (AvgIpc) is 2.78. The second-order valence-corrected chi connectivity index (χ2v) is 9.61. The first kappa shape index (κ1) is 22.0. The number of nitrogens with one attached hydrogen (secondary N) is 1. The number of anilines is 1. The monoisotopic (exact) mass is 454 g/mol. The molecule has 1 heterocycles. The predicted molar refractivity (Wildman–Crippen MR) is 119 cm³/mol. The second kappa shape index (κ2) is 9.10. The summed E-state index contributed by atoms with van der Waals surface area (Å²) >= 11 is 0. The minimum absolute atomic E-state index is 0.0556. The van der Waals surface area contributed by atoms with Gasteiger partial charge in [0.25, 0.3) is 5.91 Å². The van der Waals surface area contributed by atoms with Crippen molar-refractivity contribution in [3.8, 4) is 5.75 Å². The average molecular weight is 455 g/mol. The Morgan fingerprint density at radius 2 is 1.75 bits per heavy atom. The van der Waals surface area contributed by atoms with Crippen molar-refractivity contribution in [1.82, 2.24) is 4.31 Å². The van der Waals surface area contributed by atoms with E-state index < -0.39 is 15.8 Å². The molecule has 0 fully saturated rings. The third-order valence-electron chi connectivity index (χ3n) is 5.31. The van der Waals surface area contributed by atoms with Crippen LogP contribution in [0.5, 0.6) is 5.75 Å². The van der Waals surface area contributed by atoms with Crippen LogP contribution < -0.4 is 10.1 Å². The van der Waals surface area contributed by atoms with Gasteiger partial charge >= 0.3 is 0 Å². The Bertz CT molecular complexity index is 1230. The van der Waals surface area contributed by atoms with Crippen LogP contribution in [-0.2, 0) is 27.8 Å². The molecule has 0 unspecified atom stereocenters. The molecule has 0 saturated carbocycles. The molecule has 1 N–H and O–H groups in total. The van der Waals surface area contributed by atoms with Gasteiger partial charge in [-0.2, -0.15) is 4.31 Å². The van der Waals surface area contributed by atoms with Crippen LogP contribution in [0.2, 0.25) is 0 Å².